The van der Waals surface area contributed by atoms with Crippen LogP contribution in [0.15, 0.2) is 12.7 Å². The van der Waals surface area contributed by atoms with Crippen molar-refractivity contribution < 1.29 is 115 Å². The van der Waals surface area contributed by atoms with Gasteiger partial charge in [-0.15, -0.1) is 0 Å². The smallest absolute Gasteiger partial charge is 0.756 e. The molecule has 1 aliphatic rings. The van der Waals surface area contributed by atoms with Crippen LogP contribution in [-0.4, -0.2) is 124 Å². The van der Waals surface area contributed by atoms with Crippen LogP contribution in [-0.2, 0) is 55.5 Å². The molecule has 0 bridgehead atoms. The molecule has 0 saturated carbocycles. The van der Waals surface area contributed by atoms with Gasteiger partial charge >= 0.3 is 45.2 Å². The predicted molar refractivity (Wildman–Crippen MR) is 180 cm³/mol. The first-order chi connectivity index (χ1) is 24.9. The maximum absolute atomic E-state index is 12.6. The van der Waals surface area contributed by atoms with E-state index < -0.39 is 84.6 Å². The van der Waals surface area contributed by atoms with Crippen LogP contribution < -0.4 is 50.8 Å². The van der Waals surface area contributed by atoms with E-state index >= 15 is 0 Å². The number of thioether (sulfide) groups is 1. The number of imidazole rings is 1. The Hall–Kier alpha value is -1.77. The van der Waals surface area contributed by atoms with Crippen molar-refractivity contribution >= 4 is 74.9 Å². The summed E-state index contributed by atoms with van der Waals surface area (Å²) in [7, 11) is -16.7. The van der Waals surface area contributed by atoms with Gasteiger partial charge < -0.3 is 55.4 Å². The number of ketones is 1. The molecule has 1 aliphatic heterocycles. The molecule has 2 aromatic rings. The van der Waals surface area contributed by atoms with Gasteiger partial charge in [-0.25, -0.2) is 24.1 Å². The van der Waals surface area contributed by atoms with Gasteiger partial charge in [0.15, 0.2) is 22.8 Å². The minimum Gasteiger partial charge on any atom is -0.756 e. The number of anilines is 1. The normalized spacial score (nSPS) is 22.4. The summed E-state index contributed by atoms with van der Waals surface area (Å²) in [6, 6.07) is 0. The molecule has 2 amide bonds. The summed E-state index contributed by atoms with van der Waals surface area (Å²) in [5, 5.41) is 25.8. The van der Waals surface area contributed by atoms with Crippen molar-refractivity contribution in [2.75, 3.05) is 37.8 Å². The molecule has 25 nitrogen and oxygen atoms in total. The molecule has 0 spiro atoms. The fraction of sp³-hybridized carbons (Fsp3) is 0.640. The number of aliphatic hydroxyl groups excluding tert-OH is 2. The first-order valence-electron chi connectivity index (χ1n) is 15.4. The predicted octanol–water partition coefficient (Wildman–Crippen LogP) is -4.98. The Morgan fingerprint density at radius 1 is 1.09 bits per heavy atom. The van der Waals surface area contributed by atoms with E-state index in [9.17, 15) is 62.7 Å². The van der Waals surface area contributed by atoms with Crippen LogP contribution in [0.3, 0.4) is 0 Å². The first-order valence-corrected chi connectivity index (χ1v) is 20.9. The number of nitrogens with zero attached hydrogens (tertiary/aromatic N) is 4. The molecule has 304 valence electrons. The second-order valence-corrected chi connectivity index (χ2v) is 17.5. The second kappa shape index (κ2) is 20.8. The van der Waals surface area contributed by atoms with Crippen molar-refractivity contribution in [3.8, 4) is 0 Å². The number of phosphoric ester groups is 3. The van der Waals surface area contributed by atoms with Gasteiger partial charge in [0.2, 0.25) is 11.8 Å². The van der Waals surface area contributed by atoms with Crippen LogP contribution >= 0.6 is 35.2 Å². The summed E-state index contributed by atoms with van der Waals surface area (Å²) in [6.07, 6.45) is -7.45. The van der Waals surface area contributed by atoms with Crippen LogP contribution in [0.25, 0.3) is 11.2 Å². The molecule has 0 radical (unpaired) electrons. The Bertz CT molecular complexity index is 1830. The van der Waals surface area contributed by atoms with Crippen molar-refractivity contribution in [2.24, 2.45) is 5.41 Å². The summed E-state index contributed by atoms with van der Waals surface area (Å²) in [4.78, 5) is 99.7. The van der Waals surface area contributed by atoms with E-state index in [4.69, 9.17) is 19.5 Å². The van der Waals surface area contributed by atoms with Gasteiger partial charge in [-0.3, -0.25) is 37.4 Å². The van der Waals surface area contributed by atoms with Gasteiger partial charge in [0.25, 0.3) is 7.82 Å². The molecular formula is C25H39N7NaO18P3S. The fourth-order valence-electron chi connectivity index (χ4n) is 4.54. The van der Waals surface area contributed by atoms with E-state index in [1.165, 1.54) is 20.8 Å². The van der Waals surface area contributed by atoms with E-state index in [-0.39, 0.29) is 89.1 Å². The minimum atomic E-state index is -5.59. The Morgan fingerprint density at radius 3 is 2.38 bits per heavy atom. The van der Waals surface area contributed by atoms with E-state index in [1.807, 2.05) is 0 Å². The zero-order valence-corrected chi connectivity index (χ0v) is 35.2. The molecule has 0 aromatic carbocycles. The monoisotopic (exact) mass is 873 g/mol. The first kappa shape index (κ1) is 49.4. The molecule has 55 heavy (non-hydrogen) atoms. The molecule has 1 fully saturated rings. The maximum Gasteiger partial charge on any atom is 1.00 e. The summed E-state index contributed by atoms with van der Waals surface area (Å²) in [6.45, 7) is 1.53. The largest absolute Gasteiger partial charge is 1.00 e. The third-order valence-corrected chi connectivity index (χ3v) is 11.1. The Balaban J connectivity index is 0.0000105. The number of amides is 2. The molecule has 8 atom stereocenters. The number of hydrogen-bond donors (Lipinski definition) is 8. The number of nitrogens with one attached hydrogen (secondary N) is 2. The molecule has 30 heteroatoms. The third kappa shape index (κ3) is 15.5. The van der Waals surface area contributed by atoms with Crippen LogP contribution in [0.1, 0.15) is 39.8 Å². The molecule has 3 heterocycles. The number of nitrogens with two attached hydrogens (primary N) is 1. The van der Waals surface area contributed by atoms with Crippen molar-refractivity contribution in [3.05, 3.63) is 12.7 Å². The van der Waals surface area contributed by atoms with Gasteiger partial charge in [-0.1, -0.05) is 25.6 Å². The van der Waals surface area contributed by atoms with Crippen molar-refractivity contribution in [2.45, 2.75) is 64.3 Å². The molecule has 3 rings (SSSR count). The van der Waals surface area contributed by atoms with E-state index in [1.54, 1.807) is 0 Å². The zero-order valence-electron chi connectivity index (χ0n) is 29.7. The molecule has 3 unspecified atom stereocenters. The fourth-order valence-corrected chi connectivity index (χ4v) is 8.10. The van der Waals surface area contributed by atoms with E-state index in [0.717, 1.165) is 29.0 Å². The van der Waals surface area contributed by atoms with Crippen LogP contribution in [0.5, 0.6) is 0 Å². The standard InChI is InChI=1S/C25H40N7O18P3S.Na/c1-13(33)8-16(35)54-7-6-27-15(34)4-5-28-23(38)20(37)25(2,3)10-47-53(44,45)50-52(42,43)46-9-14-19(49-51(39,40)41)18(36)24(48-14)32-12-31-17-21(26)29-11-30-22(17)32;/h11-12,14,18-20,24,36-37H,4-10H2,1-3H3,(H,27,34)(H,28,38)(H,42,43)(H,44,45)(H2,26,29,30)(H2,39,40,41);/q;+1/p-1/t14-,18-,19-,20+,24-;/m1./s1. The molecular weight excluding hydrogens is 834 g/mol. The van der Waals surface area contributed by atoms with E-state index in [0.29, 0.717) is 0 Å². The van der Waals surface area contributed by atoms with Crippen molar-refractivity contribution in [1.29, 1.82) is 0 Å². The third-order valence-electron chi connectivity index (χ3n) is 7.15. The average molecular weight is 874 g/mol. The van der Waals surface area contributed by atoms with Gasteiger partial charge in [0.1, 0.15) is 42.0 Å². The quantitative estimate of drug-likeness (QED) is 0.0252. The van der Waals surface area contributed by atoms with Gasteiger partial charge in [-0.05, 0) is 6.92 Å². The molecule has 0 aliphatic carbocycles. The number of ether oxygens (including phenoxy) is 1. The second-order valence-electron chi connectivity index (χ2n) is 12.1. The molecule has 1 saturated heterocycles. The number of carbonyl (C=O) groups is 4. The summed E-state index contributed by atoms with van der Waals surface area (Å²) < 4.78 is 61.6. The Morgan fingerprint density at radius 2 is 1.75 bits per heavy atom. The van der Waals surface area contributed by atoms with Crippen LogP contribution in [0, 0.1) is 5.41 Å². The Kier molecular flexibility index (Phi) is 18.7. The van der Waals surface area contributed by atoms with E-state index in [2.05, 4.69) is 34.4 Å². The van der Waals surface area contributed by atoms with Crippen molar-refractivity contribution in [1.82, 2.24) is 30.2 Å². The van der Waals surface area contributed by atoms with Crippen LogP contribution in [0.4, 0.5) is 5.82 Å². The van der Waals surface area contributed by atoms with Gasteiger partial charge in [0.05, 0.1) is 26.0 Å². The minimum absolute atomic E-state index is 0. The molecule has 9 N–H and O–H groups in total. The number of aromatic nitrogens is 4. The topological polar surface area (TPSA) is 384 Å². The summed E-state index contributed by atoms with van der Waals surface area (Å²) in [5.74, 6) is -1.63. The van der Waals surface area contributed by atoms with Crippen molar-refractivity contribution in [3.63, 3.8) is 0 Å². The number of hydrogen-bond acceptors (Lipinski definition) is 20. The summed E-state index contributed by atoms with van der Waals surface area (Å²) >= 11 is 0.876. The van der Waals surface area contributed by atoms with Crippen LogP contribution in [0.2, 0.25) is 0 Å². The maximum atomic E-state index is 12.6. The number of phosphoric acid groups is 3. The zero-order chi connectivity index (χ0) is 40.6. The molecule has 2 aromatic heterocycles. The number of aliphatic hydroxyl groups is 2. The SMILES string of the molecule is CC(=O)CC(=O)SCCNC(=O)CCNC(=O)[C@H](O)C(C)(C)COP(=O)(O)OP(=O)(O)OC[C@H]1O[C@@H](n2cnc3c(N)ncnc32)[C@H](O)[C@@H]1OP(=O)([O-])O.[Na+]. The number of nitrogen functional groups attached to an aromatic ring is 1. The Labute approximate surface area is 338 Å². The average Bonchev–Trinajstić information content (AvgIpc) is 3.60. The number of fused-ring (bicyclic) bond motifs is 1. The van der Waals surface area contributed by atoms with Gasteiger partial charge in [-0.2, -0.15) is 4.31 Å². The number of Topliss-reactive ketones (excluding diaryl/α,β-unsaturated/α-hetero) is 1. The number of carbonyl (C=O) groups excluding carboxylic acids is 4. The number of rotatable bonds is 21. The van der Waals surface area contributed by atoms with Gasteiger partial charge in [0, 0.05) is 30.7 Å². The summed E-state index contributed by atoms with van der Waals surface area (Å²) in [5.41, 5.74) is 4.18.